The van der Waals surface area contributed by atoms with Crippen molar-refractivity contribution in [2.45, 2.75) is 6.54 Å². The quantitative estimate of drug-likeness (QED) is 0.406. The highest BCUT2D eigenvalue weighted by Crippen LogP contribution is 2.39. The van der Waals surface area contributed by atoms with Gasteiger partial charge in [0, 0.05) is 0 Å². The summed E-state index contributed by atoms with van der Waals surface area (Å²) in [6.45, 7) is 0.0925. The van der Waals surface area contributed by atoms with Gasteiger partial charge < -0.3 is 13.9 Å². The second kappa shape index (κ2) is 8.55. The molecule has 0 atom stereocenters. The lowest BCUT2D eigenvalue weighted by Crippen LogP contribution is -2.34. The summed E-state index contributed by atoms with van der Waals surface area (Å²) in [5, 5.41) is 1.04. The minimum absolute atomic E-state index is 0.133. The van der Waals surface area contributed by atoms with Crippen molar-refractivity contribution in [1.82, 2.24) is 4.98 Å². The Morgan fingerprint density at radius 2 is 2.00 bits per heavy atom. The van der Waals surface area contributed by atoms with Crippen LogP contribution in [0, 0.1) is 0 Å². The van der Waals surface area contributed by atoms with Crippen molar-refractivity contribution in [3.05, 3.63) is 71.6 Å². The topological polar surface area (TPSA) is 64.8 Å². The van der Waals surface area contributed by atoms with E-state index in [1.165, 1.54) is 16.2 Å². The summed E-state index contributed by atoms with van der Waals surface area (Å²) in [5.41, 5.74) is 0.612. The van der Waals surface area contributed by atoms with Crippen molar-refractivity contribution in [1.29, 1.82) is 0 Å². The van der Waals surface area contributed by atoms with Gasteiger partial charge in [-0.15, -0.1) is 0 Å². The second-order valence-corrected chi connectivity index (χ2v) is 7.47. The molecule has 0 saturated heterocycles. The summed E-state index contributed by atoms with van der Waals surface area (Å²) >= 11 is 7.65. The Labute approximate surface area is 176 Å². The van der Waals surface area contributed by atoms with Crippen LogP contribution in [-0.4, -0.2) is 24.6 Å². The number of para-hydroxylation sites is 1. The van der Waals surface area contributed by atoms with Gasteiger partial charge in [-0.25, -0.2) is 4.98 Å². The van der Waals surface area contributed by atoms with Crippen LogP contribution in [0.1, 0.15) is 5.76 Å². The monoisotopic (exact) mass is 428 g/mol. The average Bonchev–Trinajstić information content (AvgIpc) is 3.42. The Hall–Kier alpha value is -3.03. The van der Waals surface area contributed by atoms with Crippen LogP contribution in [0.25, 0.3) is 10.2 Å². The molecular weight excluding hydrogens is 412 g/mol. The summed E-state index contributed by atoms with van der Waals surface area (Å²) in [5.74, 6) is 1.60. The van der Waals surface area contributed by atoms with E-state index in [4.69, 9.17) is 25.5 Å². The maximum Gasteiger partial charge on any atom is 0.267 e. The van der Waals surface area contributed by atoms with Crippen LogP contribution in [0.5, 0.6) is 11.5 Å². The van der Waals surface area contributed by atoms with Gasteiger partial charge in [-0.1, -0.05) is 41.1 Å². The molecule has 148 valence electrons. The SMILES string of the molecule is COc1ccc(Cl)c2sc(N(Cc3ccco3)C(=O)COc3ccccc3)nc12. The van der Waals surface area contributed by atoms with Crippen LogP contribution in [0.2, 0.25) is 5.02 Å². The fourth-order valence-electron chi connectivity index (χ4n) is 2.78. The van der Waals surface area contributed by atoms with Crippen molar-refractivity contribution in [3.63, 3.8) is 0 Å². The van der Waals surface area contributed by atoms with E-state index in [0.717, 1.165) is 4.70 Å². The smallest absolute Gasteiger partial charge is 0.267 e. The number of hydrogen-bond donors (Lipinski definition) is 0. The number of amides is 1. The molecule has 2 aromatic heterocycles. The third-order valence-corrected chi connectivity index (χ3v) is 5.74. The number of anilines is 1. The number of aromatic nitrogens is 1. The molecule has 8 heteroatoms. The van der Waals surface area contributed by atoms with E-state index < -0.39 is 0 Å². The lowest BCUT2D eigenvalue weighted by molar-refractivity contribution is -0.120. The van der Waals surface area contributed by atoms with Crippen molar-refractivity contribution >= 4 is 44.2 Å². The fraction of sp³-hybridized carbons (Fsp3) is 0.143. The first-order chi connectivity index (χ1) is 14.2. The van der Waals surface area contributed by atoms with E-state index in [9.17, 15) is 4.79 Å². The van der Waals surface area contributed by atoms with Crippen LogP contribution in [0.4, 0.5) is 5.13 Å². The number of fused-ring (bicyclic) bond motifs is 1. The van der Waals surface area contributed by atoms with Crippen LogP contribution in [0.15, 0.2) is 65.3 Å². The van der Waals surface area contributed by atoms with Gasteiger partial charge in [-0.3, -0.25) is 9.69 Å². The number of rotatable bonds is 7. The molecule has 0 unspecified atom stereocenters. The number of hydrogen-bond acceptors (Lipinski definition) is 6. The first-order valence-corrected chi connectivity index (χ1v) is 9.99. The normalized spacial score (nSPS) is 10.8. The number of benzene rings is 2. The van der Waals surface area contributed by atoms with Crippen molar-refractivity contribution in [3.8, 4) is 11.5 Å². The van der Waals surface area contributed by atoms with Crippen molar-refractivity contribution in [2.75, 3.05) is 18.6 Å². The van der Waals surface area contributed by atoms with E-state index in [2.05, 4.69) is 4.98 Å². The molecule has 6 nitrogen and oxygen atoms in total. The van der Waals surface area contributed by atoms with E-state index >= 15 is 0 Å². The highest BCUT2D eigenvalue weighted by atomic mass is 35.5. The summed E-state index contributed by atoms with van der Waals surface area (Å²) < 4.78 is 17.2. The molecule has 0 fully saturated rings. The third-order valence-electron chi connectivity index (χ3n) is 4.20. The maximum atomic E-state index is 13.0. The second-order valence-electron chi connectivity index (χ2n) is 6.08. The highest BCUT2D eigenvalue weighted by molar-refractivity contribution is 7.23. The number of thiazole rings is 1. The van der Waals surface area contributed by atoms with E-state index in [1.54, 1.807) is 49.8 Å². The van der Waals surface area contributed by atoms with E-state index in [-0.39, 0.29) is 19.1 Å². The lowest BCUT2D eigenvalue weighted by atomic mass is 10.3. The average molecular weight is 429 g/mol. The molecule has 0 bridgehead atoms. The summed E-state index contributed by atoms with van der Waals surface area (Å²) in [6.07, 6.45) is 1.57. The number of carbonyl (C=O) groups is 1. The van der Waals surface area contributed by atoms with Crippen LogP contribution >= 0.6 is 22.9 Å². The molecule has 0 aliphatic carbocycles. The summed E-state index contributed by atoms with van der Waals surface area (Å²) in [4.78, 5) is 19.2. The molecule has 2 aromatic carbocycles. The van der Waals surface area contributed by atoms with E-state index in [0.29, 0.717) is 32.9 Å². The number of nitrogens with zero attached hydrogens (tertiary/aromatic N) is 2. The zero-order valence-corrected chi connectivity index (χ0v) is 17.1. The molecular formula is C21H17ClN2O4S. The van der Waals surface area contributed by atoms with Crippen LogP contribution in [0.3, 0.4) is 0 Å². The Kier molecular flexibility index (Phi) is 5.69. The molecule has 0 spiro atoms. The fourth-order valence-corrected chi connectivity index (χ4v) is 4.05. The van der Waals surface area contributed by atoms with Gasteiger partial charge in [-0.2, -0.15) is 0 Å². The van der Waals surface area contributed by atoms with Gasteiger partial charge in [-0.05, 0) is 36.4 Å². The molecule has 1 amide bonds. The number of methoxy groups -OCH3 is 1. The Bertz CT molecular complexity index is 1110. The number of ether oxygens (including phenoxy) is 2. The Balaban J connectivity index is 1.66. The highest BCUT2D eigenvalue weighted by Gasteiger charge is 2.23. The van der Waals surface area contributed by atoms with Gasteiger partial charge in [0.15, 0.2) is 11.7 Å². The summed E-state index contributed by atoms with van der Waals surface area (Å²) in [7, 11) is 1.57. The van der Waals surface area contributed by atoms with Gasteiger partial charge in [0.2, 0.25) is 0 Å². The van der Waals surface area contributed by atoms with Gasteiger partial charge >= 0.3 is 0 Å². The van der Waals surface area contributed by atoms with Gasteiger partial charge in [0.25, 0.3) is 5.91 Å². The number of carbonyl (C=O) groups excluding carboxylic acids is 1. The summed E-state index contributed by atoms with van der Waals surface area (Å²) in [6, 6.07) is 16.3. The van der Waals surface area contributed by atoms with Gasteiger partial charge in [0.1, 0.15) is 22.8 Å². The molecule has 0 saturated carbocycles. The van der Waals surface area contributed by atoms with Crippen molar-refractivity contribution in [2.24, 2.45) is 0 Å². The van der Waals surface area contributed by atoms with Gasteiger partial charge in [0.05, 0.1) is 29.6 Å². The number of furan rings is 1. The minimum atomic E-state index is -0.251. The molecule has 0 aliphatic rings. The largest absolute Gasteiger partial charge is 0.494 e. The predicted molar refractivity (Wildman–Crippen MR) is 113 cm³/mol. The zero-order valence-electron chi connectivity index (χ0n) is 15.5. The van der Waals surface area contributed by atoms with Crippen LogP contribution in [-0.2, 0) is 11.3 Å². The molecule has 0 aliphatic heterocycles. The minimum Gasteiger partial charge on any atom is -0.494 e. The molecule has 2 heterocycles. The van der Waals surface area contributed by atoms with E-state index in [1.807, 2.05) is 18.2 Å². The Morgan fingerprint density at radius 1 is 1.17 bits per heavy atom. The molecule has 4 aromatic rings. The van der Waals surface area contributed by atoms with Crippen LogP contribution < -0.4 is 14.4 Å². The molecule has 4 rings (SSSR count). The lowest BCUT2D eigenvalue weighted by Gasteiger charge is -2.19. The predicted octanol–water partition coefficient (Wildman–Crippen LogP) is 5.16. The molecule has 0 N–H and O–H groups in total. The third kappa shape index (κ3) is 4.21. The molecule has 0 radical (unpaired) electrons. The maximum absolute atomic E-state index is 13.0. The molecule has 29 heavy (non-hydrogen) atoms. The zero-order chi connectivity index (χ0) is 20.2. The standard InChI is InChI=1S/C21H17ClN2O4S/c1-26-17-10-9-16(22)20-19(17)23-21(29-20)24(12-15-8-5-11-27-15)18(25)13-28-14-6-3-2-4-7-14/h2-11H,12-13H2,1H3. The number of halogens is 1. The van der Waals surface area contributed by atoms with Crippen molar-refractivity contribution < 1.29 is 18.7 Å². The Morgan fingerprint density at radius 3 is 2.72 bits per heavy atom. The first kappa shape index (κ1) is 19.3. The first-order valence-electron chi connectivity index (χ1n) is 8.79.